The maximum absolute atomic E-state index is 10.3. The van der Waals surface area contributed by atoms with Crippen molar-refractivity contribution in [2.45, 2.75) is 13.3 Å². The third-order valence-corrected chi connectivity index (χ3v) is 2.14. The second-order valence-corrected chi connectivity index (χ2v) is 3.38. The second-order valence-electron chi connectivity index (χ2n) is 3.38. The third kappa shape index (κ3) is 2.13. The minimum absolute atomic E-state index is 0.301. The highest BCUT2D eigenvalue weighted by Crippen LogP contribution is 2.18. The first-order chi connectivity index (χ1) is 7.29. The Balaban J connectivity index is 2.28. The van der Waals surface area contributed by atoms with Crippen LogP contribution in [-0.2, 0) is 11.2 Å². The van der Waals surface area contributed by atoms with Gasteiger partial charge in [-0.2, -0.15) is 0 Å². The van der Waals surface area contributed by atoms with Crippen molar-refractivity contribution >= 4 is 6.29 Å². The van der Waals surface area contributed by atoms with E-state index in [2.05, 4.69) is 4.98 Å². The minimum Gasteiger partial charge on any atom is -0.444 e. The van der Waals surface area contributed by atoms with Gasteiger partial charge in [-0.05, 0) is 19.1 Å². The van der Waals surface area contributed by atoms with Gasteiger partial charge in [-0.25, -0.2) is 4.98 Å². The molecule has 0 atom stereocenters. The zero-order valence-corrected chi connectivity index (χ0v) is 8.43. The molecule has 0 aliphatic rings. The molecule has 0 bridgehead atoms. The van der Waals surface area contributed by atoms with Crippen LogP contribution in [0.5, 0.6) is 0 Å². The van der Waals surface area contributed by atoms with Gasteiger partial charge in [-0.1, -0.05) is 17.7 Å². The van der Waals surface area contributed by atoms with Crippen molar-refractivity contribution in [3.63, 3.8) is 0 Å². The molecule has 0 fully saturated rings. The lowest BCUT2D eigenvalue weighted by molar-refractivity contribution is -0.107. The highest BCUT2D eigenvalue weighted by molar-refractivity contribution is 5.56. The van der Waals surface area contributed by atoms with Gasteiger partial charge in [0, 0.05) is 12.0 Å². The maximum atomic E-state index is 10.3. The quantitative estimate of drug-likeness (QED) is 0.716. The van der Waals surface area contributed by atoms with Crippen molar-refractivity contribution in [3.8, 4) is 11.5 Å². The monoisotopic (exact) mass is 201 g/mol. The number of aryl methyl sites for hydroxylation is 1. The highest BCUT2D eigenvalue weighted by Gasteiger charge is 2.05. The summed E-state index contributed by atoms with van der Waals surface area (Å²) in [5.74, 6) is 0.562. The zero-order valence-electron chi connectivity index (χ0n) is 8.43. The van der Waals surface area contributed by atoms with Gasteiger partial charge in [0.15, 0.2) is 0 Å². The molecule has 0 N–H and O–H groups in total. The van der Waals surface area contributed by atoms with Gasteiger partial charge in [0.2, 0.25) is 5.89 Å². The van der Waals surface area contributed by atoms with Crippen LogP contribution in [0.1, 0.15) is 11.3 Å². The summed E-state index contributed by atoms with van der Waals surface area (Å²) in [6.07, 6.45) is 2.63. The molecule has 0 spiro atoms. The predicted octanol–water partition coefficient (Wildman–Crippen LogP) is 2.39. The van der Waals surface area contributed by atoms with Gasteiger partial charge in [-0.15, -0.1) is 0 Å². The summed E-state index contributed by atoms with van der Waals surface area (Å²) >= 11 is 0. The number of nitrogens with zero attached hydrogens (tertiary/aromatic N) is 1. The molecule has 0 amide bonds. The molecule has 3 heteroatoms. The van der Waals surface area contributed by atoms with Crippen molar-refractivity contribution < 1.29 is 9.21 Å². The number of hydrogen-bond donors (Lipinski definition) is 0. The van der Waals surface area contributed by atoms with Crippen molar-refractivity contribution in [1.82, 2.24) is 4.98 Å². The smallest absolute Gasteiger partial charge is 0.226 e. The summed E-state index contributed by atoms with van der Waals surface area (Å²) < 4.78 is 5.27. The van der Waals surface area contributed by atoms with E-state index in [1.54, 1.807) is 0 Å². The van der Waals surface area contributed by atoms with E-state index in [9.17, 15) is 4.79 Å². The molecule has 0 aliphatic carbocycles. The molecule has 0 radical (unpaired) electrons. The van der Waals surface area contributed by atoms with Crippen LogP contribution < -0.4 is 0 Å². The van der Waals surface area contributed by atoms with Crippen LogP contribution >= 0.6 is 0 Å². The Hall–Kier alpha value is -1.90. The van der Waals surface area contributed by atoms with Crippen LogP contribution in [0.3, 0.4) is 0 Å². The molecular formula is C12H11NO2. The molecule has 2 rings (SSSR count). The number of carbonyl (C=O) groups is 1. The Morgan fingerprint density at radius 3 is 2.73 bits per heavy atom. The number of oxazole rings is 1. The van der Waals surface area contributed by atoms with Crippen LogP contribution in [0, 0.1) is 6.92 Å². The lowest BCUT2D eigenvalue weighted by atomic mass is 10.1. The van der Waals surface area contributed by atoms with Crippen molar-refractivity contribution in [1.29, 1.82) is 0 Å². The van der Waals surface area contributed by atoms with Gasteiger partial charge in [0.25, 0.3) is 0 Å². The Labute approximate surface area is 87.8 Å². The Morgan fingerprint density at radius 1 is 1.33 bits per heavy atom. The lowest BCUT2D eigenvalue weighted by Gasteiger charge is -1.95. The van der Waals surface area contributed by atoms with Gasteiger partial charge in [-0.3, -0.25) is 0 Å². The van der Waals surface area contributed by atoms with Crippen LogP contribution in [-0.4, -0.2) is 11.3 Å². The van der Waals surface area contributed by atoms with E-state index < -0.39 is 0 Å². The first-order valence-corrected chi connectivity index (χ1v) is 4.74. The van der Waals surface area contributed by atoms with E-state index in [0.717, 1.165) is 11.8 Å². The zero-order chi connectivity index (χ0) is 10.7. The normalized spacial score (nSPS) is 10.2. The van der Waals surface area contributed by atoms with E-state index >= 15 is 0 Å². The molecule has 1 heterocycles. The van der Waals surface area contributed by atoms with Crippen molar-refractivity contribution in [2.75, 3.05) is 0 Å². The fourth-order valence-electron chi connectivity index (χ4n) is 1.31. The molecule has 3 nitrogen and oxygen atoms in total. The topological polar surface area (TPSA) is 43.1 Å². The molecule has 0 saturated heterocycles. The molecular weight excluding hydrogens is 190 g/mol. The Kier molecular flexibility index (Phi) is 2.63. The number of carbonyl (C=O) groups excluding carboxylic acids is 1. The van der Waals surface area contributed by atoms with Crippen LogP contribution in [0.4, 0.5) is 0 Å². The van der Waals surface area contributed by atoms with Crippen LogP contribution in [0.15, 0.2) is 34.9 Å². The summed E-state index contributed by atoms with van der Waals surface area (Å²) in [5, 5.41) is 0. The maximum Gasteiger partial charge on any atom is 0.226 e. The average Bonchev–Trinajstić information content (AvgIpc) is 2.68. The van der Waals surface area contributed by atoms with E-state index in [0.29, 0.717) is 18.0 Å². The van der Waals surface area contributed by atoms with Gasteiger partial charge in [0.1, 0.15) is 12.5 Å². The first-order valence-electron chi connectivity index (χ1n) is 4.74. The van der Waals surface area contributed by atoms with Crippen LogP contribution in [0.25, 0.3) is 11.5 Å². The largest absolute Gasteiger partial charge is 0.444 e. The summed E-state index contributed by atoms with van der Waals surface area (Å²) in [4.78, 5) is 14.5. The number of rotatable bonds is 3. The van der Waals surface area contributed by atoms with Gasteiger partial charge in [0.05, 0.1) is 5.69 Å². The van der Waals surface area contributed by atoms with E-state index in [-0.39, 0.29) is 0 Å². The standard InChI is InChI=1S/C12H11NO2/c1-9-2-4-10(5-3-9)12-13-11(6-7-14)8-15-12/h2-5,7-8H,6H2,1H3. The van der Waals surface area contributed by atoms with Gasteiger partial charge < -0.3 is 9.21 Å². The summed E-state index contributed by atoms with van der Waals surface area (Å²) in [7, 11) is 0. The van der Waals surface area contributed by atoms with E-state index in [1.807, 2.05) is 31.2 Å². The highest BCUT2D eigenvalue weighted by atomic mass is 16.3. The van der Waals surface area contributed by atoms with Crippen molar-refractivity contribution in [3.05, 3.63) is 41.8 Å². The number of benzene rings is 1. The molecule has 0 unspecified atom stereocenters. The summed E-state index contributed by atoms with van der Waals surface area (Å²) in [5.41, 5.74) is 2.79. The Morgan fingerprint density at radius 2 is 2.07 bits per heavy atom. The molecule has 15 heavy (non-hydrogen) atoms. The molecule has 0 saturated carbocycles. The molecule has 0 aliphatic heterocycles. The van der Waals surface area contributed by atoms with Crippen molar-refractivity contribution in [2.24, 2.45) is 0 Å². The summed E-state index contributed by atoms with van der Waals surface area (Å²) in [6, 6.07) is 7.90. The predicted molar refractivity (Wildman–Crippen MR) is 56.4 cm³/mol. The SMILES string of the molecule is Cc1ccc(-c2nc(CC=O)co2)cc1. The molecule has 2 aromatic rings. The lowest BCUT2D eigenvalue weighted by Crippen LogP contribution is -1.85. The van der Waals surface area contributed by atoms with E-state index in [4.69, 9.17) is 4.42 Å². The first kappa shape index (κ1) is 9.65. The summed E-state index contributed by atoms with van der Waals surface area (Å²) in [6.45, 7) is 2.02. The third-order valence-electron chi connectivity index (χ3n) is 2.14. The van der Waals surface area contributed by atoms with E-state index in [1.165, 1.54) is 11.8 Å². The number of hydrogen-bond acceptors (Lipinski definition) is 3. The van der Waals surface area contributed by atoms with Gasteiger partial charge >= 0.3 is 0 Å². The number of aromatic nitrogens is 1. The molecule has 1 aromatic heterocycles. The van der Waals surface area contributed by atoms with Crippen LogP contribution in [0.2, 0.25) is 0 Å². The average molecular weight is 201 g/mol. The second kappa shape index (κ2) is 4.09. The molecule has 1 aromatic carbocycles. The fourth-order valence-corrected chi connectivity index (χ4v) is 1.31. The Bertz CT molecular complexity index is 457. The minimum atomic E-state index is 0.301. The number of aldehydes is 1. The fraction of sp³-hybridized carbons (Fsp3) is 0.167. The molecule has 76 valence electrons.